The second kappa shape index (κ2) is 9.71. The number of ether oxygens (including phenoxy) is 1. The number of benzene rings is 2. The summed E-state index contributed by atoms with van der Waals surface area (Å²) >= 11 is 0. The molecule has 1 heterocycles. The third kappa shape index (κ3) is 5.57. The number of likely N-dealkylation sites (tertiary alicyclic amines) is 1. The molecular weight excluding hydrogens is 350 g/mol. The van der Waals surface area contributed by atoms with Crippen LogP contribution >= 0.6 is 0 Å². The second-order valence-electron chi connectivity index (χ2n) is 7.71. The monoisotopic (exact) mass is 381 g/mol. The maximum Gasteiger partial charge on any atom is 0.251 e. The topological polar surface area (TPSA) is 44.8 Å². The van der Waals surface area contributed by atoms with Crippen LogP contribution in [0.25, 0.3) is 11.1 Å². The van der Waals surface area contributed by atoms with E-state index in [-0.39, 0.29) is 11.9 Å². The number of piperidine rings is 1. The first-order valence-corrected chi connectivity index (χ1v) is 9.97. The van der Waals surface area contributed by atoms with Gasteiger partial charge in [0.15, 0.2) is 0 Å². The Morgan fingerprint density at radius 3 is 2.46 bits per heavy atom. The van der Waals surface area contributed by atoms with E-state index in [4.69, 9.17) is 4.74 Å². The lowest BCUT2D eigenvalue weighted by Gasteiger charge is -2.33. The van der Waals surface area contributed by atoms with Crippen molar-refractivity contribution < 1.29 is 9.53 Å². The van der Waals surface area contributed by atoms with Gasteiger partial charge in [-0.3, -0.25) is 4.79 Å². The number of amides is 1. The van der Waals surface area contributed by atoms with E-state index in [9.17, 15) is 4.79 Å². The van der Waals surface area contributed by atoms with Gasteiger partial charge < -0.3 is 19.9 Å². The lowest BCUT2D eigenvalue weighted by atomic mass is 10.0. The summed E-state index contributed by atoms with van der Waals surface area (Å²) in [5.41, 5.74) is 2.77. The van der Waals surface area contributed by atoms with E-state index in [0.717, 1.165) is 55.9 Å². The second-order valence-corrected chi connectivity index (χ2v) is 7.71. The SMILES string of the molecule is COc1cccc(-c2cccc(C(=O)NC3CCN(CCN(C)C)CC3)c2)c1. The van der Waals surface area contributed by atoms with Gasteiger partial charge in [-0.05, 0) is 62.3 Å². The van der Waals surface area contributed by atoms with Crippen LogP contribution in [0.15, 0.2) is 48.5 Å². The third-order valence-corrected chi connectivity index (χ3v) is 5.31. The molecule has 150 valence electrons. The van der Waals surface area contributed by atoms with Gasteiger partial charge in [-0.15, -0.1) is 0 Å². The van der Waals surface area contributed by atoms with Crippen LogP contribution in [-0.4, -0.2) is 69.1 Å². The summed E-state index contributed by atoms with van der Waals surface area (Å²) in [5.74, 6) is 0.824. The molecule has 0 radical (unpaired) electrons. The fourth-order valence-corrected chi connectivity index (χ4v) is 3.55. The van der Waals surface area contributed by atoms with E-state index in [1.807, 2.05) is 48.5 Å². The minimum absolute atomic E-state index is 0.0106. The van der Waals surface area contributed by atoms with Crippen molar-refractivity contribution in [3.63, 3.8) is 0 Å². The smallest absolute Gasteiger partial charge is 0.251 e. The Kier molecular flexibility index (Phi) is 7.06. The molecule has 5 heteroatoms. The first-order chi connectivity index (χ1) is 13.5. The zero-order chi connectivity index (χ0) is 19.9. The first-order valence-electron chi connectivity index (χ1n) is 9.97. The van der Waals surface area contributed by atoms with Crippen molar-refractivity contribution in [2.24, 2.45) is 0 Å². The maximum atomic E-state index is 12.8. The van der Waals surface area contributed by atoms with Crippen LogP contribution in [0.4, 0.5) is 0 Å². The van der Waals surface area contributed by atoms with E-state index in [1.165, 1.54) is 0 Å². The Bertz CT molecular complexity index is 783. The molecule has 0 atom stereocenters. The van der Waals surface area contributed by atoms with Crippen LogP contribution in [0.1, 0.15) is 23.2 Å². The number of likely N-dealkylation sites (N-methyl/N-ethyl adjacent to an activating group) is 1. The summed E-state index contributed by atoms with van der Waals surface area (Å²) in [5, 5.41) is 3.22. The maximum absolute atomic E-state index is 12.8. The van der Waals surface area contributed by atoms with Gasteiger partial charge in [0.05, 0.1) is 7.11 Å². The van der Waals surface area contributed by atoms with Crippen LogP contribution < -0.4 is 10.1 Å². The standard InChI is InChI=1S/C23H31N3O2/c1-25(2)14-15-26-12-10-21(11-13-26)24-23(27)20-8-4-6-18(16-20)19-7-5-9-22(17-19)28-3/h4-9,16-17,21H,10-15H2,1-3H3,(H,24,27). The molecule has 28 heavy (non-hydrogen) atoms. The highest BCUT2D eigenvalue weighted by Crippen LogP contribution is 2.24. The lowest BCUT2D eigenvalue weighted by Crippen LogP contribution is -2.46. The summed E-state index contributed by atoms with van der Waals surface area (Å²) in [6.45, 7) is 4.26. The molecule has 0 aromatic heterocycles. The number of hydrogen-bond donors (Lipinski definition) is 1. The van der Waals surface area contributed by atoms with E-state index in [1.54, 1.807) is 7.11 Å². The van der Waals surface area contributed by atoms with E-state index in [2.05, 4.69) is 29.2 Å². The molecule has 1 aliphatic heterocycles. The van der Waals surface area contributed by atoms with Gasteiger partial charge in [0.1, 0.15) is 5.75 Å². The number of rotatable bonds is 7. The fourth-order valence-electron chi connectivity index (χ4n) is 3.55. The summed E-state index contributed by atoms with van der Waals surface area (Å²) < 4.78 is 5.31. The predicted molar refractivity (Wildman–Crippen MR) is 114 cm³/mol. The Morgan fingerprint density at radius 1 is 1.11 bits per heavy atom. The molecule has 2 aromatic carbocycles. The van der Waals surface area contributed by atoms with Crippen molar-refractivity contribution >= 4 is 5.91 Å². The molecule has 0 unspecified atom stereocenters. The van der Waals surface area contributed by atoms with Crippen LogP contribution in [0.5, 0.6) is 5.75 Å². The van der Waals surface area contributed by atoms with Crippen LogP contribution in [0.2, 0.25) is 0 Å². The van der Waals surface area contributed by atoms with Gasteiger partial charge in [0.2, 0.25) is 0 Å². The van der Waals surface area contributed by atoms with Crippen molar-refractivity contribution in [1.29, 1.82) is 0 Å². The largest absolute Gasteiger partial charge is 0.497 e. The average molecular weight is 382 g/mol. The molecule has 1 amide bonds. The van der Waals surface area contributed by atoms with Gasteiger partial charge in [0, 0.05) is 37.8 Å². The van der Waals surface area contributed by atoms with Crippen molar-refractivity contribution in [3.05, 3.63) is 54.1 Å². The Hall–Kier alpha value is -2.37. The molecule has 1 fully saturated rings. The minimum atomic E-state index is 0.0106. The predicted octanol–water partition coefficient (Wildman–Crippen LogP) is 3.12. The van der Waals surface area contributed by atoms with Crippen molar-refractivity contribution in [3.8, 4) is 16.9 Å². The summed E-state index contributed by atoms with van der Waals surface area (Å²) in [6, 6.07) is 16.0. The van der Waals surface area contributed by atoms with E-state index < -0.39 is 0 Å². The van der Waals surface area contributed by atoms with Gasteiger partial charge >= 0.3 is 0 Å². The minimum Gasteiger partial charge on any atom is -0.497 e. The molecule has 0 spiro atoms. The van der Waals surface area contributed by atoms with Crippen LogP contribution in [-0.2, 0) is 0 Å². The fraction of sp³-hybridized carbons (Fsp3) is 0.435. The van der Waals surface area contributed by atoms with E-state index in [0.29, 0.717) is 5.56 Å². The number of hydrogen-bond acceptors (Lipinski definition) is 4. The highest BCUT2D eigenvalue weighted by molar-refractivity contribution is 5.95. The molecule has 5 nitrogen and oxygen atoms in total. The molecule has 1 aliphatic rings. The first kappa shape index (κ1) is 20.4. The summed E-state index contributed by atoms with van der Waals surface area (Å²) in [4.78, 5) is 17.4. The number of nitrogens with one attached hydrogen (secondary N) is 1. The molecule has 0 aliphatic carbocycles. The van der Waals surface area contributed by atoms with Crippen LogP contribution in [0.3, 0.4) is 0 Å². The number of carbonyl (C=O) groups excluding carboxylic acids is 1. The molecule has 0 saturated carbocycles. The number of carbonyl (C=O) groups is 1. The molecule has 0 bridgehead atoms. The van der Waals surface area contributed by atoms with Crippen molar-refractivity contribution in [2.45, 2.75) is 18.9 Å². The Morgan fingerprint density at radius 2 is 1.79 bits per heavy atom. The molecule has 3 rings (SSSR count). The normalized spacial score (nSPS) is 15.6. The third-order valence-electron chi connectivity index (χ3n) is 5.31. The van der Waals surface area contributed by atoms with Crippen molar-refractivity contribution in [2.75, 3.05) is 47.4 Å². The van der Waals surface area contributed by atoms with Crippen molar-refractivity contribution in [1.82, 2.24) is 15.1 Å². The van der Waals surface area contributed by atoms with Gasteiger partial charge in [-0.1, -0.05) is 24.3 Å². The zero-order valence-corrected chi connectivity index (χ0v) is 17.1. The molecular formula is C23H31N3O2. The average Bonchev–Trinajstić information content (AvgIpc) is 2.73. The van der Waals surface area contributed by atoms with Gasteiger partial charge in [-0.25, -0.2) is 0 Å². The number of methoxy groups -OCH3 is 1. The van der Waals surface area contributed by atoms with E-state index >= 15 is 0 Å². The Labute approximate surface area is 168 Å². The molecule has 1 saturated heterocycles. The Balaban J connectivity index is 1.58. The summed E-state index contributed by atoms with van der Waals surface area (Å²) in [6.07, 6.45) is 2.02. The van der Waals surface area contributed by atoms with Crippen LogP contribution in [0, 0.1) is 0 Å². The highest BCUT2D eigenvalue weighted by Gasteiger charge is 2.21. The lowest BCUT2D eigenvalue weighted by molar-refractivity contribution is 0.0909. The van der Waals surface area contributed by atoms with Gasteiger partial charge in [-0.2, -0.15) is 0 Å². The highest BCUT2D eigenvalue weighted by atomic mass is 16.5. The number of nitrogens with zero attached hydrogens (tertiary/aromatic N) is 2. The summed E-state index contributed by atoms with van der Waals surface area (Å²) in [7, 11) is 5.87. The quantitative estimate of drug-likeness (QED) is 0.800. The molecule has 1 N–H and O–H groups in total. The zero-order valence-electron chi connectivity index (χ0n) is 17.1. The molecule has 2 aromatic rings. The van der Waals surface area contributed by atoms with Gasteiger partial charge in [0.25, 0.3) is 5.91 Å².